The highest BCUT2D eigenvalue weighted by Crippen LogP contribution is 2.41. The molecular weight excluding hydrogens is 164 g/mol. The lowest BCUT2D eigenvalue weighted by atomic mass is 9.93. The lowest BCUT2D eigenvalue weighted by molar-refractivity contribution is 0.329. The quantitative estimate of drug-likeness (QED) is 0.693. The maximum absolute atomic E-state index is 5.55. The van der Waals surface area contributed by atoms with Crippen LogP contribution in [0.25, 0.3) is 0 Å². The van der Waals surface area contributed by atoms with Gasteiger partial charge in [-0.1, -0.05) is 0 Å². The lowest BCUT2D eigenvalue weighted by Crippen LogP contribution is -2.21. The van der Waals surface area contributed by atoms with Crippen LogP contribution in [0.1, 0.15) is 25.1 Å². The first-order valence-electron chi connectivity index (χ1n) is 5.02. The highest BCUT2D eigenvalue weighted by molar-refractivity contribution is 5.15. The molecule has 0 saturated heterocycles. The second kappa shape index (κ2) is 2.47. The number of aryl methyl sites for hydroxylation is 1. The van der Waals surface area contributed by atoms with Crippen molar-refractivity contribution >= 4 is 5.95 Å². The standard InChI is InChI=1S/C9H14N4/c10-9-11-8-5-7(6-1-2-6)3-4-13(8)12-9/h6-7H,1-5H2,(H2,10,12). The Balaban J connectivity index is 1.85. The van der Waals surface area contributed by atoms with Gasteiger partial charge in [-0.25, -0.2) is 4.68 Å². The van der Waals surface area contributed by atoms with Gasteiger partial charge in [0.1, 0.15) is 5.82 Å². The van der Waals surface area contributed by atoms with Crippen molar-refractivity contribution in [3.8, 4) is 0 Å². The smallest absolute Gasteiger partial charge is 0.239 e. The molecule has 1 atom stereocenters. The van der Waals surface area contributed by atoms with Gasteiger partial charge in [0.2, 0.25) is 5.95 Å². The van der Waals surface area contributed by atoms with E-state index in [-0.39, 0.29) is 0 Å². The number of nitrogen functional groups attached to an aromatic ring is 1. The number of nitrogens with two attached hydrogens (primary N) is 1. The first kappa shape index (κ1) is 7.35. The maximum atomic E-state index is 5.55. The molecule has 13 heavy (non-hydrogen) atoms. The molecule has 0 aromatic carbocycles. The highest BCUT2D eigenvalue weighted by atomic mass is 15.4. The van der Waals surface area contributed by atoms with E-state index in [1.807, 2.05) is 4.68 Å². The normalized spacial score (nSPS) is 27.2. The second-order valence-corrected chi connectivity index (χ2v) is 4.20. The minimum atomic E-state index is 0.437. The number of rotatable bonds is 1. The summed E-state index contributed by atoms with van der Waals surface area (Å²) in [5, 5.41) is 4.15. The van der Waals surface area contributed by atoms with Crippen molar-refractivity contribution in [3.05, 3.63) is 5.82 Å². The van der Waals surface area contributed by atoms with E-state index in [0.717, 1.165) is 30.6 Å². The minimum Gasteiger partial charge on any atom is -0.366 e. The van der Waals surface area contributed by atoms with Gasteiger partial charge in [0.15, 0.2) is 0 Å². The third-order valence-electron chi connectivity index (χ3n) is 3.21. The Morgan fingerprint density at radius 1 is 1.23 bits per heavy atom. The Morgan fingerprint density at radius 2 is 2.08 bits per heavy atom. The van der Waals surface area contributed by atoms with Crippen molar-refractivity contribution in [2.24, 2.45) is 11.8 Å². The molecule has 1 aliphatic heterocycles. The Morgan fingerprint density at radius 3 is 2.85 bits per heavy atom. The fourth-order valence-corrected chi connectivity index (χ4v) is 2.32. The topological polar surface area (TPSA) is 56.7 Å². The van der Waals surface area contributed by atoms with E-state index in [0.29, 0.717) is 5.95 Å². The monoisotopic (exact) mass is 178 g/mol. The van der Waals surface area contributed by atoms with Crippen LogP contribution in [0.15, 0.2) is 0 Å². The van der Waals surface area contributed by atoms with Crippen LogP contribution < -0.4 is 5.73 Å². The molecule has 1 unspecified atom stereocenters. The van der Waals surface area contributed by atoms with Gasteiger partial charge in [0.05, 0.1) is 0 Å². The molecule has 2 N–H and O–H groups in total. The molecule has 0 spiro atoms. The molecule has 1 aromatic rings. The van der Waals surface area contributed by atoms with Crippen molar-refractivity contribution in [1.29, 1.82) is 0 Å². The van der Waals surface area contributed by atoms with Gasteiger partial charge in [-0.3, -0.25) is 0 Å². The summed E-state index contributed by atoms with van der Waals surface area (Å²) in [5.41, 5.74) is 5.55. The van der Waals surface area contributed by atoms with E-state index in [2.05, 4.69) is 10.1 Å². The summed E-state index contributed by atoms with van der Waals surface area (Å²) in [7, 11) is 0. The van der Waals surface area contributed by atoms with E-state index in [1.165, 1.54) is 19.3 Å². The SMILES string of the molecule is Nc1nc2n(n1)CCC(C1CC1)C2. The van der Waals surface area contributed by atoms with Gasteiger partial charge < -0.3 is 5.73 Å². The summed E-state index contributed by atoms with van der Waals surface area (Å²) in [5.74, 6) is 3.37. The molecule has 1 aromatic heterocycles. The number of fused-ring (bicyclic) bond motifs is 1. The Kier molecular flexibility index (Phi) is 1.39. The number of hydrogen-bond acceptors (Lipinski definition) is 3. The molecule has 0 bridgehead atoms. The predicted molar refractivity (Wildman–Crippen MR) is 49.0 cm³/mol. The molecule has 2 heterocycles. The molecule has 0 amide bonds. The van der Waals surface area contributed by atoms with E-state index < -0.39 is 0 Å². The molecular formula is C9H14N4. The third kappa shape index (κ3) is 1.20. The molecule has 2 aliphatic rings. The van der Waals surface area contributed by atoms with Gasteiger partial charge in [-0.05, 0) is 31.1 Å². The van der Waals surface area contributed by atoms with Crippen LogP contribution in [0.4, 0.5) is 5.95 Å². The lowest BCUT2D eigenvalue weighted by Gasteiger charge is -2.21. The molecule has 1 aliphatic carbocycles. The highest BCUT2D eigenvalue weighted by Gasteiger charge is 2.34. The zero-order valence-electron chi connectivity index (χ0n) is 7.61. The van der Waals surface area contributed by atoms with Crippen molar-refractivity contribution < 1.29 is 0 Å². The predicted octanol–water partition coefficient (Wildman–Crippen LogP) is 0.833. The van der Waals surface area contributed by atoms with E-state index in [1.54, 1.807) is 0 Å². The first-order chi connectivity index (χ1) is 6.33. The van der Waals surface area contributed by atoms with E-state index >= 15 is 0 Å². The van der Waals surface area contributed by atoms with Gasteiger partial charge in [-0.15, -0.1) is 5.10 Å². The fourth-order valence-electron chi connectivity index (χ4n) is 2.32. The van der Waals surface area contributed by atoms with Gasteiger partial charge >= 0.3 is 0 Å². The average molecular weight is 178 g/mol. The maximum Gasteiger partial charge on any atom is 0.239 e. The fraction of sp³-hybridized carbons (Fsp3) is 0.778. The summed E-state index contributed by atoms with van der Waals surface area (Å²) in [4.78, 5) is 4.24. The van der Waals surface area contributed by atoms with Crippen LogP contribution in [-0.2, 0) is 13.0 Å². The summed E-state index contributed by atoms with van der Waals surface area (Å²) in [6.07, 6.45) is 5.21. The number of anilines is 1. The number of nitrogens with zero attached hydrogens (tertiary/aromatic N) is 3. The number of aromatic nitrogens is 3. The first-order valence-corrected chi connectivity index (χ1v) is 5.02. The largest absolute Gasteiger partial charge is 0.366 e. The number of hydrogen-bond donors (Lipinski definition) is 1. The summed E-state index contributed by atoms with van der Waals surface area (Å²) in [6.45, 7) is 1.01. The third-order valence-corrected chi connectivity index (χ3v) is 3.21. The second-order valence-electron chi connectivity index (χ2n) is 4.20. The Bertz CT molecular complexity index is 326. The van der Waals surface area contributed by atoms with Gasteiger partial charge in [0.25, 0.3) is 0 Å². The van der Waals surface area contributed by atoms with Crippen LogP contribution in [0.3, 0.4) is 0 Å². The van der Waals surface area contributed by atoms with Crippen molar-refractivity contribution in [1.82, 2.24) is 14.8 Å². The zero-order valence-corrected chi connectivity index (χ0v) is 7.61. The molecule has 1 saturated carbocycles. The van der Waals surface area contributed by atoms with Gasteiger partial charge in [-0.2, -0.15) is 4.98 Å². The summed E-state index contributed by atoms with van der Waals surface area (Å²) >= 11 is 0. The van der Waals surface area contributed by atoms with Crippen LogP contribution in [0, 0.1) is 11.8 Å². The molecule has 0 radical (unpaired) electrons. The average Bonchev–Trinajstić information content (AvgIpc) is 2.87. The molecule has 70 valence electrons. The molecule has 3 rings (SSSR count). The summed E-state index contributed by atoms with van der Waals surface area (Å²) < 4.78 is 1.97. The van der Waals surface area contributed by atoms with E-state index in [4.69, 9.17) is 5.73 Å². The molecule has 4 nitrogen and oxygen atoms in total. The zero-order chi connectivity index (χ0) is 8.84. The van der Waals surface area contributed by atoms with Crippen LogP contribution in [0.2, 0.25) is 0 Å². The van der Waals surface area contributed by atoms with Crippen molar-refractivity contribution in [2.75, 3.05) is 5.73 Å². The van der Waals surface area contributed by atoms with E-state index in [9.17, 15) is 0 Å². The van der Waals surface area contributed by atoms with Gasteiger partial charge in [0, 0.05) is 13.0 Å². The van der Waals surface area contributed by atoms with Crippen molar-refractivity contribution in [3.63, 3.8) is 0 Å². The Labute approximate surface area is 77.1 Å². The Hall–Kier alpha value is -1.06. The molecule has 1 fully saturated rings. The van der Waals surface area contributed by atoms with Crippen LogP contribution >= 0.6 is 0 Å². The van der Waals surface area contributed by atoms with Crippen LogP contribution in [-0.4, -0.2) is 14.8 Å². The van der Waals surface area contributed by atoms with Crippen molar-refractivity contribution in [2.45, 2.75) is 32.2 Å². The minimum absolute atomic E-state index is 0.437. The molecule has 4 heteroatoms. The van der Waals surface area contributed by atoms with Crippen LogP contribution in [0.5, 0.6) is 0 Å². The summed E-state index contributed by atoms with van der Waals surface area (Å²) in [6, 6.07) is 0.